The predicted molar refractivity (Wildman–Crippen MR) is 78.6 cm³/mol. The minimum Gasteiger partial charge on any atom is -0.241 e. The van der Waals surface area contributed by atoms with Crippen LogP contribution < -0.4 is 0 Å². The fourth-order valence-electron chi connectivity index (χ4n) is 1.69. The van der Waals surface area contributed by atoms with Crippen molar-refractivity contribution in [1.29, 1.82) is 0 Å². The molecule has 0 saturated carbocycles. The first-order valence-corrected chi connectivity index (χ1v) is 7.12. The Bertz CT molecular complexity index is 676. The van der Waals surface area contributed by atoms with Crippen LogP contribution in [-0.2, 0) is 0 Å². The molecule has 0 radical (unpaired) electrons. The van der Waals surface area contributed by atoms with Crippen molar-refractivity contribution in [3.63, 3.8) is 0 Å². The summed E-state index contributed by atoms with van der Waals surface area (Å²) in [4.78, 5) is 12.7. The van der Waals surface area contributed by atoms with Gasteiger partial charge in [-0.25, -0.2) is 15.0 Å². The molecule has 0 aliphatic rings. The molecule has 19 heavy (non-hydrogen) atoms. The third-order valence-electron chi connectivity index (χ3n) is 2.54. The fraction of sp³-hybridized carbons (Fsp3) is 0. The Balaban J connectivity index is 2.14. The van der Waals surface area contributed by atoms with E-state index in [2.05, 4.69) is 15.0 Å². The molecule has 2 aromatic heterocycles. The SMILES string of the molecule is Clc1nc(-c2cscn2)nc(Cl)c1-c1ccccc1. The third kappa shape index (κ3) is 2.47. The maximum absolute atomic E-state index is 6.23. The number of aromatic nitrogens is 3. The molecule has 1 aromatic carbocycles. The topological polar surface area (TPSA) is 38.7 Å². The van der Waals surface area contributed by atoms with Crippen molar-refractivity contribution in [2.75, 3.05) is 0 Å². The highest BCUT2D eigenvalue weighted by Crippen LogP contribution is 2.33. The van der Waals surface area contributed by atoms with E-state index in [0.29, 0.717) is 27.4 Å². The van der Waals surface area contributed by atoms with E-state index in [9.17, 15) is 0 Å². The van der Waals surface area contributed by atoms with Crippen LogP contribution in [0.15, 0.2) is 41.2 Å². The molecule has 0 amide bonds. The first-order chi connectivity index (χ1) is 9.25. The molecule has 0 spiro atoms. The van der Waals surface area contributed by atoms with Crippen molar-refractivity contribution in [2.24, 2.45) is 0 Å². The average Bonchev–Trinajstić information content (AvgIpc) is 2.93. The quantitative estimate of drug-likeness (QED) is 0.651. The first-order valence-electron chi connectivity index (χ1n) is 5.42. The Morgan fingerprint density at radius 3 is 2.21 bits per heavy atom. The second-order valence-electron chi connectivity index (χ2n) is 3.74. The maximum atomic E-state index is 6.23. The highest BCUT2D eigenvalue weighted by molar-refractivity contribution is 7.07. The van der Waals surface area contributed by atoms with E-state index < -0.39 is 0 Å². The summed E-state index contributed by atoms with van der Waals surface area (Å²) in [7, 11) is 0. The van der Waals surface area contributed by atoms with Gasteiger partial charge in [-0.15, -0.1) is 11.3 Å². The zero-order chi connectivity index (χ0) is 13.2. The molecule has 2 heterocycles. The zero-order valence-electron chi connectivity index (χ0n) is 9.55. The van der Waals surface area contributed by atoms with Gasteiger partial charge in [-0.3, -0.25) is 0 Å². The number of halogens is 2. The van der Waals surface area contributed by atoms with E-state index in [0.717, 1.165) is 5.56 Å². The summed E-state index contributed by atoms with van der Waals surface area (Å²) in [6.07, 6.45) is 0. The van der Waals surface area contributed by atoms with E-state index in [1.807, 2.05) is 35.7 Å². The predicted octanol–water partition coefficient (Wildman–Crippen LogP) is 4.57. The summed E-state index contributed by atoms with van der Waals surface area (Å²) < 4.78 is 0. The van der Waals surface area contributed by atoms with E-state index in [1.165, 1.54) is 11.3 Å². The van der Waals surface area contributed by atoms with E-state index in [1.54, 1.807) is 5.51 Å². The summed E-state index contributed by atoms with van der Waals surface area (Å²) in [5, 5.41) is 2.51. The fourth-order valence-corrected chi connectivity index (χ4v) is 2.82. The van der Waals surface area contributed by atoms with Gasteiger partial charge in [0.2, 0.25) is 0 Å². The van der Waals surface area contributed by atoms with Gasteiger partial charge in [-0.2, -0.15) is 0 Å². The van der Waals surface area contributed by atoms with Crippen LogP contribution in [-0.4, -0.2) is 15.0 Å². The second-order valence-corrected chi connectivity index (χ2v) is 5.18. The minimum atomic E-state index is 0.328. The second kappa shape index (κ2) is 5.25. The normalized spacial score (nSPS) is 10.6. The van der Waals surface area contributed by atoms with Crippen LogP contribution >= 0.6 is 34.5 Å². The molecule has 0 N–H and O–H groups in total. The molecule has 0 unspecified atom stereocenters. The van der Waals surface area contributed by atoms with Gasteiger partial charge in [0.15, 0.2) is 5.82 Å². The third-order valence-corrected chi connectivity index (χ3v) is 3.68. The molecule has 94 valence electrons. The number of thiazole rings is 1. The molecule has 0 saturated heterocycles. The van der Waals surface area contributed by atoms with Crippen molar-refractivity contribution in [3.8, 4) is 22.6 Å². The van der Waals surface area contributed by atoms with Crippen molar-refractivity contribution < 1.29 is 0 Å². The zero-order valence-corrected chi connectivity index (χ0v) is 11.9. The number of nitrogens with zero attached hydrogens (tertiary/aromatic N) is 3. The van der Waals surface area contributed by atoms with Crippen LogP contribution in [0.4, 0.5) is 0 Å². The number of rotatable bonds is 2. The van der Waals surface area contributed by atoms with Crippen LogP contribution in [0.2, 0.25) is 10.3 Å². The molecule has 0 aliphatic heterocycles. The lowest BCUT2D eigenvalue weighted by Crippen LogP contribution is -1.94. The Kier molecular flexibility index (Phi) is 3.46. The molecule has 0 fully saturated rings. The Labute approximate surface area is 123 Å². The average molecular weight is 308 g/mol. The van der Waals surface area contributed by atoms with Gasteiger partial charge in [0, 0.05) is 5.38 Å². The molecule has 0 atom stereocenters. The lowest BCUT2D eigenvalue weighted by Gasteiger charge is -2.07. The van der Waals surface area contributed by atoms with Gasteiger partial charge in [0.05, 0.1) is 11.1 Å². The van der Waals surface area contributed by atoms with Gasteiger partial charge in [0.25, 0.3) is 0 Å². The highest BCUT2D eigenvalue weighted by Gasteiger charge is 2.15. The monoisotopic (exact) mass is 307 g/mol. The maximum Gasteiger partial charge on any atom is 0.181 e. The van der Waals surface area contributed by atoms with Gasteiger partial charge < -0.3 is 0 Å². The Morgan fingerprint density at radius 2 is 1.63 bits per heavy atom. The Hall–Kier alpha value is -1.49. The minimum absolute atomic E-state index is 0.328. The summed E-state index contributed by atoms with van der Waals surface area (Å²) in [5.41, 5.74) is 3.92. The van der Waals surface area contributed by atoms with Crippen molar-refractivity contribution in [2.45, 2.75) is 0 Å². The molecule has 0 bridgehead atoms. The highest BCUT2D eigenvalue weighted by atomic mass is 35.5. The summed E-state index contributed by atoms with van der Waals surface area (Å²) in [6.45, 7) is 0. The van der Waals surface area contributed by atoms with Crippen LogP contribution in [0.5, 0.6) is 0 Å². The lowest BCUT2D eigenvalue weighted by molar-refractivity contribution is 1.15. The van der Waals surface area contributed by atoms with Gasteiger partial charge >= 0.3 is 0 Å². The van der Waals surface area contributed by atoms with Gasteiger partial charge in [-0.05, 0) is 5.56 Å². The summed E-state index contributed by atoms with van der Waals surface area (Å²) in [5.74, 6) is 0.441. The van der Waals surface area contributed by atoms with Crippen LogP contribution in [0.1, 0.15) is 0 Å². The van der Waals surface area contributed by atoms with Crippen molar-refractivity contribution in [3.05, 3.63) is 51.5 Å². The van der Waals surface area contributed by atoms with Crippen LogP contribution in [0.3, 0.4) is 0 Å². The summed E-state index contributed by atoms with van der Waals surface area (Å²) in [6, 6.07) is 9.58. The van der Waals surface area contributed by atoms with Crippen LogP contribution in [0, 0.1) is 0 Å². The smallest absolute Gasteiger partial charge is 0.181 e. The number of hydrogen-bond donors (Lipinski definition) is 0. The van der Waals surface area contributed by atoms with Crippen molar-refractivity contribution >= 4 is 34.5 Å². The Morgan fingerprint density at radius 1 is 0.947 bits per heavy atom. The molecule has 6 heteroatoms. The molecule has 3 rings (SSSR count). The van der Waals surface area contributed by atoms with Gasteiger partial charge in [-0.1, -0.05) is 53.5 Å². The molecule has 3 nitrogen and oxygen atoms in total. The molecule has 3 aromatic rings. The summed E-state index contributed by atoms with van der Waals surface area (Å²) >= 11 is 13.9. The van der Waals surface area contributed by atoms with Crippen LogP contribution in [0.25, 0.3) is 22.6 Å². The largest absolute Gasteiger partial charge is 0.241 e. The number of benzene rings is 1. The first kappa shape index (κ1) is 12.5. The number of hydrogen-bond acceptors (Lipinski definition) is 4. The standard InChI is InChI=1S/C13H7Cl2N3S/c14-11-10(8-4-2-1-3-5-8)12(15)18-13(17-11)9-6-19-7-16-9/h1-7H. The van der Waals surface area contributed by atoms with E-state index in [4.69, 9.17) is 23.2 Å². The molecular formula is C13H7Cl2N3S. The van der Waals surface area contributed by atoms with Gasteiger partial charge in [0.1, 0.15) is 16.0 Å². The van der Waals surface area contributed by atoms with E-state index in [-0.39, 0.29) is 0 Å². The van der Waals surface area contributed by atoms with E-state index >= 15 is 0 Å². The van der Waals surface area contributed by atoms with Crippen molar-refractivity contribution in [1.82, 2.24) is 15.0 Å². The lowest BCUT2D eigenvalue weighted by atomic mass is 10.1. The molecular weight excluding hydrogens is 301 g/mol. The molecule has 0 aliphatic carbocycles.